The van der Waals surface area contributed by atoms with Gasteiger partial charge in [-0.15, -0.1) is 0 Å². The molecule has 38 heavy (non-hydrogen) atoms. The molecule has 0 unspecified atom stereocenters. The van der Waals surface area contributed by atoms with Crippen molar-refractivity contribution >= 4 is 23.4 Å². The standard InChI is InChI=1S/C30H39N5O3/c1-23(36)35-16-8-15-32(22-27-12-6-7-14-31-27)17-18-33(19-25-11-4-5-13-28(25)35)30(38)26-20-34(21-26)29(37)24-9-2-3-10-24/h4-7,11-14,24,26H,2-3,8-10,15-22H2,1H3. The fourth-order valence-electron chi connectivity index (χ4n) is 6.04. The molecule has 2 fully saturated rings. The first-order chi connectivity index (χ1) is 18.5. The lowest BCUT2D eigenvalue weighted by molar-refractivity contribution is -0.151. The Kier molecular flexibility index (Phi) is 8.37. The van der Waals surface area contributed by atoms with E-state index in [1.165, 1.54) is 0 Å². The number of aromatic nitrogens is 1. The summed E-state index contributed by atoms with van der Waals surface area (Å²) in [4.78, 5) is 51.8. The molecular weight excluding hydrogens is 478 g/mol. The Morgan fingerprint density at radius 2 is 1.55 bits per heavy atom. The number of hydrogen-bond acceptors (Lipinski definition) is 5. The molecule has 1 aliphatic carbocycles. The smallest absolute Gasteiger partial charge is 0.229 e. The molecule has 1 aromatic carbocycles. The van der Waals surface area contributed by atoms with Crippen molar-refractivity contribution in [3.8, 4) is 0 Å². The molecule has 3 heterocycles. The van der Waals surface area contributed by atoms with Crippen molar-refractivity contribution in [2.75, 3.05) is 44.2 Å². The summed E-state index contributed by atoms with van der Waals surface area (Å²) in [6, 6.07) is 13.9. The predicted octanol–water partition coefficient (Wildman–Crippen LogP) is 3.32. The van der Waals surface area contributed by atoms with Crippen molar-refractivity contribution in [1.82, 2.24) is 19.7 Å². The lowest BCUT2D eigenvalue weighted by Crippen LogP contribution is -2.57. The average Bonchev–Trinajstić information content (AvgIpc) is 3.42. The number of carbonyl (C=O) groups is 3. The van der Waals surface area contributed by atoms with Crippen molar-refractivity contribution in [3.63, 3.8) is 0 Å². The van der Waals surface area contributed by atoms with Gasteiger partial charge in [-0.1, -0.05) is 37.1 Å². The van der Waals surface area contributed by atoms with Gasteiger partial charge in [0, 0.05) is 77.1 Å². The number of rotatable bonds is 4. The lowest BCUT2D eigenvalue weighted by atomic mass is 9.94. The van der Waals surface area contributed by atoms with Gasteiger partial charge < -0.3 is 14.7 Å². The van der Waals surface area contributed by atoms with E-state index in [2.05, 4.69) is 9.88 Å². The highest BCUT2D eigenvalue weighted by Gasteiger charge is 2.40. The van der Waals surface area contributed by atoms with Crippen LogP contribution in [0.2, 0.25) is 0 Å². The normalized spacial score (nSPS) is 20.0. The van der Waals surface area contributed by atoms with E-state index in [1.807, 2.05) is 57.2 Å². The number of amides is 3. The molecule has 1 saturated carbocycles. The highest BCUT2D eigenvalue weighted by molar-refractivity contribution is 5.92. The van der Waals surface area contributed by atoms with Crippen LogP contribution in [0, 0.1) is 11.8 Å². The van der Waals surface area contributed by atoms with Gasteiger partial charge >= 0.3 is 0 Å². The van der Waals surface area contributed by atoms with Crippen LogP contribution in [0.4, 0.5) is 5.69 Å². The van der Waals surface area contributed by atoms with Crippen molar-refractivity contribution in [2.24, 2.45) is 11.8 Å². The van der Waals surface area contributed by atoms with Crippen LogP contribution >= 0.6 is 0 Å². The first kappa shape index (κ1) is 26.4. The van der Waals surface area contributed by atoms with Crippen LogP contribution < -0.4 is 4.90 Å². The van der Waals surface area contributed by atoms with Crippen LogP contribution in [0.3, 0.4) is 0 Å². The van der Waals surface area contributed by atoms with Crippen LogP contribution in [0.5, 0.6) is 0 Å². The topological polar surface area (TPSA) is 77.1 Å². The SMILES string of the molecule is CC(=O)N1CCCN(Cc2ccccn2)CCN(C(=O)C2CN(C(=O)C3CCCC3)C2)Cc2ccccc21. The van der Waals surface area contributed by atoms with Gasteiger partial charge in [-0.05, 0) is 43.0 Å². The molecule has 0 spiro atoms. The molecule has 1 saturated heterocycles. The molecule has 3 amide bonds. The largest absolute Gasteiger partial charge is 0.341 e. The molecule has 2 aliphatic heterocycles. The minimum absolute atomic E-state index is 0.00547. The summed E-state index contributed by atoms with van der Waals surface area (Å²) < 4.78 is 0. The minimum Gasteiger partial charge on any atom is -0.341 e. The Morgan fingerprint density at radius 3 is 2.29 bits per heavy atom. The zero-order valence-electron chi connectivity index (χ0n) is 22.4. The van der Waals surface area contributed by atoms with Crippen molar-refractivity contribution in [3.05, 3.63) is 59.9 Å². The number of para-hydroxylation sites is 1. The molecular formula is C30H39N5O3. The number of benzene rings is 1. The number of pyridine rings is 1. The predicted molar refractivity (Wildman–Crippen MR) is 146 cm³/mol. The third kappa shape index (κ3) is 6.07. The Bertz CT molecular complexity index is 1130. The van der Waals surface area contributed by atoms with Gasteiger partial charge in [-0.2, -0.15) is 0 Å². The first-order valence-corrected chi connectivity index (χ1v) is 14.1. The molecule has 0 N–H and O–H groups in total. The van der Waals surface area contributed by atoms with Gasteiger partial charge in [0.25, 0.3) is 0 Å². The number of hydrogen-bond donors (Lipinski definition) is 0. The highest BCUT2D eigenvalue weighted by Crippen LogP contribution is 2.31. The summed E-state index contributed by atoms with van der Waals surface area (Å²) in [5.41, 5.74) is 2.85. The van der Waals surface area contributed by atoms with Crippen molar-refractivity contribution in [2.45, 2.75) is 52.1 Å². The van der Waals surface area contributed by atoms with Gasteiger partial charge in [0.1, 0.15) is 0 Å². The molecule has 0 atom stereocenters. The Balaban J connectivity index is 1.34. The lowest BCUT2D eigenvalue weighted by Gasteiger charge is -2.42. The molecule has 8 nitrogen and oxygen atoms in total. The van der Waals surface area contributed by atoms with Crippen LogP contribution in [-0.2, 0) is 27.5 Å². The number of nitrogens with zero attached hydrogens (tertiary/aromatic N) is 5. The van der Waals surface area contributed by atoms with Gasteiger partial charge in [0.15, 0.2) is 0 Å². The van der Waals surface area contributed by atoms with E-state index >= 15 is 0 Å². The highest BCUT2D eigenvalue weighted by atomic mass is 16.2. The molecule has 3 aliphatic rings. The monoisotopic (exact) mass is 517 g/mol. The van der Waals surface area contributed by atoms with E-state index in [4.69, 9.17) is 0 Å². The van der Waals surface area contributed by atoms with Gasteiger partial charge in [0.2, 0.25) is 17.7 Å². The van der Waals surface area contributed by atoms with E-state index < -0.39 is 0 Å². The summed E-state index contributed by atoms with van der Waals surface area (Å²) >= 11 is 0. The van der Waals surface area contributed by atoms with Gasteiger partial charge in [-0.3, -0.25) is 24.3 Å². The zero-order valence-corrected chi connectivity index (χ0v) is 22.4. The van der Waals surface area contributed by atoms with Crippen molar-refractivity contribution < 1.29 is 14.4 Å². The Hall–Kier alpha value is -3.26. The maximum atomic E-state index is 13.8. The zero-order chi connectivity index (χ0) is 26.5. The second-order valence-electron chi connectivity index (χ2n) is 10.9. The molecule has 202 valence electrons. The summed E-state index contributed by atoms with van der Waals surface area (Å²) in [5, 5.41) is 0. The van der Waals surface area contributed by atoms with E-state index in [9.17, 15) is 14.4 Å². The third-order valence-electron chi connectivity index (χ3n) is 8.24. The van der Waals surface area contributed by atoms with Crippen LogP contribution in [-0.4, -0.2) is 76.7 Å². The molecule has 1 aromatic heterocycles. The number of carbonyl (C=O) groups excluding carboxylic acids is 3. The van der Waals surface area contributed by atoms with E-state index in [-0.39, 0.29) is 29.6 Å². The van der Waals surface area contributed by atoms with E-state index in [1.54, 1.807) is 13.1 Å². The molecule has 0 radical (unpaired) electrons. The third-order valence-corrected chi connectivity index (χ3v) is 8.24. The minimum atomic E-state index is -0.161. The summed E-state index contributed by atoms with van der Waals surface area (Å²) in [6.07, 6.45) is 6.86. The molecule has 2 aromatic rings. The van der Waals surface area contributed by atoms with Crippen LogP contribution in [0.1, 0.15) is 50.3 Å². The molecule has 5 rings (SSSR count). The van der Waals surface area contributed by atoms with E-state index in [0.29, 0.717) is 39.3 Å². The quantitative estimate of drug-likeness (QED) is 0.622. The second kappa shape index (κ2) is 12.1. The Morgan fingerprint density at radius 1 is 0.816 bits per heavy atom. The molecule has 8 heteroatoms. The van der Waals surface area contributed by atoms with Crippen LogP contribution in [0.25, 0.3) is 0 Å². The van der Waals surface area contributed by atoms with Crippen molar-refractivity contribution in [1.29, 1.82) is 0 Å². The van der Waals surface area contributed by atoms with Crippen LogP contribution in [0.15, 0.2) is 48.7 Å². The fourth-order valence-corrected chi connectivity index (χ4v) is 6.04. The summed E-state index contributed by atoms with van der Waals surface area (Å²) in [5.74, 6) is 0.319. The maximum absolute atomic E-state index is 13.8. The summed E-state index contributed by atoms with van der Waals surface area (Å²) in [7, 11) is 0. The summed E-state index contributed by atoms with van der Waals surface area (Å²) in [6.45, 7) is 6.53. The number of likely N-dealkylation sites (tertiary alicyclic amines) is 1. The average molecular weight is 518 g/mol. The first-order valence-electron chi connectivity index (χ1n) is 14.1. The second-order valence-corrected chi connectivity index (χ2v) is 10.9. The number of fused-ring (bicyclic) bond motifs is 1. The van der Waals surface area contributed by atoms with Gasteiger partial charge in [0.05, 0.1) is 11.6 Å². The van der Waals surface area contributed by atoms with E-state index in [0.717, 1.165) is 62.1 Å². The maximum Gasteiger partial charge on any atom is 0.229 e. The molecule has 0 bridgehead atoms. The number of anilines is 1. The van der Waals surface area contributed by atoms with Gasteiger partial charge in [-0.25, -0.2) is 0 Å². The fraction of sp³-hybridized carbons (Fsp3) is 0.533. The Labute approximate surface area is 225 Å².